The lowest BCUT2D eigenvalue weighted by Gasteiger charge is -2.29. The molecule has 5 N–H and O–H groups in total. The molecule has 0 saturated carbocycles. The molecule has 8 aromatic rings. The lowest BCUT2D eigenvalue weighted by atomic mass is 9.75. The molecular formula is C56H48O5. The maximum Gasteiger partial charge on any atom is 0.123 e. The molecule has 9 rings (SSSR count). The van der Waals surface area contributed by atoms with Gasteiger partial charge in [0.25, 0.3) is 0 Å². The zero-order valence-corrected chi connectivity index (χ0v) is 34.6. The smallest absolute Gasteiger partial charge is 0.123 e. The Bertz CT molecular complexity index is 2890. The van der Waals surface area contributed by atoms with E-state index < -0.39 is 23.7 Å². The van der Waals surface area contributed by atoms with Crippen LogP contribution in [-0.2, 0) is 0 Å². The molecular weight excluding hydrogens is 753 g/mol. The molecule has 1 aliphatic carbocycles. The van der Waals surface area contributed by atoms with Gasteiger partial charge < -0.3 is 25.5 Å². The Balaban J connectivity index is 1.43. The molecule has 61 heavy (non-hydrogen) atoms. The molecule has 0 spiro atoms. The first-order chi connectivity index (χ1) is 29.4. The van der Waals surface area contributed by atoms with Gasteiger partial charge >= 0.3 is 0 Å². The number of phenolic OH excluding ortho intramolecular Hbond substituents is 5. The number of hydrogen-bond donors (Lipinski definition) is 5. The zero-order valence-electron chi connectivity index (χ0n) is 34.6. The molecule has 0 aliphatic heterocycles. The first-order valence-corrected chi connectivity index (χ1v) is 20.7. The van der Waals surface area contributed by atoms with Gasteiger partial charge in [-0.15, -0.1) is 0 Å². The summed E-state index contributed by atoms with van der Waals surface area (Å²) in [6.45, 7) is 8.14. The molecule has 0 fully saturated rings. The van der Waals surface area contributed by atoms with Crippen LogP contribution in [0.2, 0.25) is 0 Å². The van der Waals surface area contributed by atoms with E-state index in [0.29, 0.717) is 27.8 Å². The van der Waals surface area contributed by atoms with Gasteiger partial charge in [0.1, 0.15) is 28.7 Å². The fourth-order valence-corrected chi connectivity index (χ4v) is 9.27. The molecule has 4 unspecified atom stereocenters. The van der Waals surface area contributed by atoms with Crippen molar-refractivity contribution in [1.82, 2.24) is 0 Å². The molecule has 1 aliphatic rings. The molecule has 0 radical (unpaired) electrons. The molecule has 5 heteroatoms. The molecule has 0 amide bonds. The Labute approximate surface area is 357 Å². The fraction of sp³-hybridized carbons (Fsp3) is 0.143. The maximum absolute atomic E-state index is 12.0. The summed E-state index contributed by atoms with van der Waals surface area (Å²) in [5, 5.41) is 59.8. The molecule has 302 valence electrons. The molecule has 0 aromatic heterocycles. The number of aromatic hydroxyl groups is 5. The van der Waals surface area contributed by atoms with E-state index in [-0.39, 0.29) is 28.7 Å². The van der Waals surface area contributed by atoms with Crippen molar-refractivity contribution >= 4 is 0 Å². The Hall–Kier alpha value is -7.24. The number of fused-ring (bicyclic) bond motifs is 8. The summed E-state index contributed by atoms with van der Waals surface area (Å²) in [6, 6.07) is 53.3. The minimum atomic E-state index is -0.675. The van der Waals surface area contributed by atoms with Gasteiger partial charge in [0.15, 0.2) is 0 Å². The number of phenols is 5. The van der Waals surface area contributed by atoms with Crippen molar-refractivity contribution in [3.8, 4) is 28.7 Å². The largest absolute Gasteiger partial charge is 0.508 e. The van der Waals surface area contributed by atoms with Crippen LogP contribution in [-0.4, -0.2) is 25.5 Å². The average molecular weight is 801 g/mol. The monoisotopic (exact) mass is 800 g/mol. The molecule has 0 saturated heterocycles. The van der Waals surface area contributed by atoms with Crippen molar-refractivity contribution in [2.75, 3.05) is 0 Å². The van der Waals surface area contributed by atoms with E-state index in [4.69, 9.17) is 0 Å². The summed E-state index contributed by atoms with van der Waals surface area (Å²) >= 11 is 0. The predicted octanol–water partition coefficient (Wildman–Crippen LogP) is 12.5. The molecule has 8 aromatic carbocycles. The van der Waals surface area contributed by atoms with Crippen molar-refractivity contribution in [3.05, 3.63) is 253 Å². The summed E-state index contributed by atoms with van der Waals surface area (Å²) in [6.07, 6.45) is 0. The quantitative estimate of drug-likeness (QED) is 0.122. The Kier molecular flexibility index (Phi) is 10.1. The maximum atomic E-state index is 12.0. The second-order valence-corrected chi connectivity index (χ2v) is 16.8. The van der Waals surface area contributed by atoms with Gasteiger partial charge in [0, 0.05) is 63.6 Å². The molecule has 0 heterocycles. The summed E-state index contributed by atoms with van der Waals surface area (Å²) in [5.41, 5.74) is 13.4. The van der Waals surface area contributed by atoms with E-state index in [1.54, 1.807) is 6.07 Å². The van der Waals surface area contributed by atoms with Gasteiger partial charge in [-0.1, -0.05) is 156 Å². The summed E-state index contributed by atoms with van der Waals surface area (Å²) in [7, 11) is 0. The van der Waals surface area contributed by atoms with Gasteiger partial charge in [-0.3, -0.25) is 0 Å². The predicted molar refractivity (Wildman–Crippen MR) is 243 cm³/mol. The van der Waals surface area contributed by atoms with Crippen LogP contribution in [0.3, 0.4) is 0 Å². The van der Waals surface area contributed by atoms with E-state index in [9.17, 15) is 25.5 Å². The number of rotatable bonds is 4. The van der Waals surface area contributed by atoms with Gasteiger partial charge in [-0.2, -0.15) is 0 Å². The topological polar surface area (TPSA) is 101 Å². The lowest BCUT2D eigenvalue weighted by Crippen LogP contribution is -2.12. The second-order valence-electron chi connectivity index (χ2n) is 16.8. The number of hydrogen-bond acceptors (Lipinski definition) is 5. The first-order valence-electron chi connectivity index (χ1n) is 20.7. The Morgan fingerprint density at radius 2 is 0.525 bits per heavy atom. The van der Waals surface area contributed by atoms with Crippen LogP contribution < -0.4 is 0 Å². The first kappa shape index (κ1) is 39.2. The van der Waals surface area contributed by atoms with Crippen LogP contribution in [0.15, 0.2) is 164 Å². The highest BCUT2D eigenvalue weighted by atomic mass is 16.3. The minimum Gasteiger partial charge on any atom is -0.508 e. The van der Waals surface area contributed by atoms with Crippen LogP contribution in [0.1, 0.15) is 113 Å². The van der Waals surface area contributed by atoms with Gasteiger partial charge in [-0.05, 0) is 84.8 Å². The van der Waals surface area contributed by atoms with Crippen LogP contribution in [0.4, 0.5) is 0 Å². The normalized spacial score (nSPS) is 17.2. The SMILES string of the molecule is Cc1ccc(C2c3cccc(c3)C(c3ccc(C)cc3)c3cc(c(O)cc3O)C(c3ccc(C)cc3)c3cc(ccc3O)C(c3ccc(C)cc3)c3cc2c(O)cc3O)cc1. The van der Waals surface area contributed by atoms with Crippen LogP contribution in [0, 0.1) is 27.7 Å². The number of benzene rings is 8. The molecule has 4 atom stereocenters. The van der Waals surface area contributed by atoms with Crippen molar-refractivity contribution in [2.45, 2.75) is 51.4 Å². The third kappa shape index (κ3) is 7.38. The van der Waals surface area contributed by atoms with Crippen molar-refractivity contribution in [2.24, 2.45) is 0 Å². The van der Waals surface area contributed by atoms with E-state index in [0.717, 1.165) is 61.2 Å². The van der Waals surface area contributed by atoms with Crippen molar-refractivity contribution in [3.63, 3.8) is 0 Å². The highest BCUT2D eigenvalue weighted by Crippen LogP contribution is 2.50. The van der Waals surface area contributed by atoms with Crippen LogP contribution in [0.5, 0.6) is 28.7 Å². The fourth-order valence-electron chi connectivity index (χ4n) is 9.27. The van der Waals surface area contributed by atoms with E-state index >= 15 is 0 Å². The average Bonchev–Trinajstić information content (AvgIpc) is 3.24. The van der Waals surface area contributed by atoms with Crippen molar-refractivity contribution < 1.29 is 25.5 Å². The third-order valence-corrected chi connectivity index (χ3v) is 12.5. The highest BCUT2D eigenvalue weighted by Gasteiger charge is 2.32. The van der Waals surface area contributed by atoms with E-state index in [2.05, 4.69) is 78.9 Å². The summed E-state index contributed by atoms with van der Waals surface area (Å²) in [4.78, 5) is 0. The van der Waals surface area contributed by atoms with Crippen LogP contribution in [0.25, 0.3) is 0 Å². The molecule has 5 nitrogen and oxygen atoms in total. The zero-order chi connectivity index (χ0) is 42.5. The lowest BCUT2D eigenvalue weighted by molar-refractivity contribution is 0.439. The van der Waals surface area contributed by atoms with Gasteiger partial charge in [-0.25, -0.2) is 0 Å². The van der Waals surface area contributed by atoms with Gasteiger partial charge in [0.2, 0.25) is 0 Å². The van der Waals surface area contributed by atoms with Crippen LogP contribution >= 0.6 is 0 Å². The third-order valence-electron chi connectivity index (χ3n) is 12.5. The Morgan fingerprint density at radius 3 is 0.885 bits per heavy atom. The summed E-state index contributed by atoms with van der Waals surface area (Å²) in [5.74, 6) is -2.40. The number of aryl methyl sites for hydroxylation is 4. The second kappa shape index (κ2) is 15.7. The van der Waals surface area contributed by atoms with Crippen molar-refractivity contribution in [1.29, 1.82) is 0 Å². The highest BCUT2D eigenvalue weighted by molar-refractivity contribution is 5.64. The van der Waals surface area contributed by atoms with E-state index in [1.807, 2.05) is 94.4 Å². The Morgan fingerprint density at radius 1 is 0.246 bits per heavy atom. The van der Waals surface area contributed by atoms with E-state index in [1.165, 1.54) is 12.1 Å². The standard InChI is InChI=1S/C56H48O5/c1-32-8-16-36(17-9-32)53-40-6-5-7-41(26-40)54(37-18-10-33(2)11-19-37)46-29-47(52(61)31-51(46)60)56(39-22-14-35(4)15-23-39)43-27-42(24-25-48(43)57)55(38-20-12-34(3)13-21-38)45-28-44(53)49(58)30-50(45)59/h5-31,53-61H,1-4H3. The van der Waals surface area contributed by atoms with Gasteiger partial charge in [0.05, 0.1) is 0 Å². The summed E-state index contributed by atoms with van der Waals surface area (Å²) < 4.78 is 0. The molecule has 8 bridgehead atoms. The minimum absolute atomic E-state index is 0.0324.